The van der Waals surface area contributed by atoms with Crippen LogP contribution in [-0.4, -0.2) is 63.6 Å². The Morgan fingerprint density at radius 3 is 2.29 bits per heavy atom. The van der Waals surface area contributed by atoms with Gasteiger partial charge in [0.2, 0.25) is 0 Å². The SMILES string of the molecule is CCC(C)(CC)CCCC(O)C(O)CCCCOC1=CC2C(C=C1)C=C(c1ccccc1)C(=O)N2C(C)CCCO. The van der Waals surface area contributed by atoms with Crippen LogP contribution >= 0.6 is 0 Å². The third kappa shape index (κ3) is 9.29. The molecule has 1 amide bonds. The number of carbonyl (C=O) groups is 1. The lowest BCUT2D eigenvalue weighted by Gasteiger charge is -2.43. The summed E-state index contributed by atoms with van der Waals surface area (Å²) in [5.41, 5.74) is 1.96. The van der Waals surface area contributed by atoms with Crippen molar-refractivity contribution in [3.63, 3.8) is 0 Å². The molecule has 2 aliphatic rings. The first-order valence-electron chi connectivity index (χ1n) is 15.8. The van der Waals surface area contributed by atoms with Crippen LogP contribution in [0.3, 0.4) is 0 Å². The number of hydrogen-bond donors (Lipinski definition) is 3. The van der Waals surface area contributed by atoms with Gasteiger partial charge in [-0.05, 0) is 75.0 Å². The van der Waals surface area contributed by atoms with E-state index in [1.165, 1.54) is 0 Å². The molecule has 0 fully saturated rings. The predicted molar refractivity (Wildman–Crippen MR) is 166 cm³/mol. The van der Waals surface area contributed by atoms with Gasteiger partial charge in [0.25, 0.3) is 5.91 Å². The summed E-state index contributed by atoms with van der Waals surface area (Å²) in [6, 6.07) is 9.64. The molecule has 1 aromatic rings. The molecule has 1 heterocycles. The number of ether oxygens (including phenoxy) is 1. The Morgan fingerprint density at radius 1 is 0.951 bits per heavy atom. The summed E-state index contributed by atoms with van der Waals surface area (Å²) in [6.45, 7) is 9.41. The Bertz CT molecular complexity index is 1030. The minimum atomic E-state index is -0.702. The van der Waals surface area contributed by atoms with Crippen molar-refractivity contribution in [1.82, 2.24) is 4.90 Å². The highest BCUT2D eigenvalue weighted by molar-refractivity contribution is 6.20. The number of hydrogen-bond acceptors (Lipinski definition) is 5. The maximum absolute atomic E-state index is 13.7. The second kappa shape index (κ2) is 16.3. The molecule has 5 atom stereocenters. The number of unbranched alkanes of at least 4 members (excludes halogenated alkanes) is 1. The molecule has 228 valence electrons. The van der Waals surface area contributed by atoms with E-state index in [0.29, 0.717) is 31.3 Å². The summed E-state index contributed by atoms with van der Waals surface area (Å²) >= 11 is 0. The first-order valence-corrected chi connectivity index (χ1v) is 15.8. The number of aliphatic hydroxyl groups excluding tert-OH is 3. The summed E-state index contributed by atoms with van der Waals surface area (Å²) in [5.74, 6) is 0.816. The molecule has 1 aliphatic heterocycles. The number of benzene rings is 1. The van der Waals surface area contributed by atoms with Gasteiger partial charge in [-0.1, -0.05) is 82.5 Å². The van der Waals surface area contributed by atoms with Gasteiger partial charge in [0.05, 0.1) is 24.9 Å². The number of nitrogens with zero attached hydrogens (tertiary/aromatic N) is 1. The first kappa shape index (κ1) is 33.1. The van der Waals surface area contributed by atoms with Gasteiger partial charge in [-0.3, -0.25) is 4.79 Å². The van der Waals surface area contributed by atoms with E-state index in [9.17, 15) is 20.1 Å². The number of fused-ring (bicyclic) bond motifs is 1. The van der Waals surface area contributed by atoms with E-state index in [2.05, 4.69) is 45.9 Å². The van der Waals surface area contributed by atoms with E-state index in [1.807, 2.05) is 41.3 Å². The fourth-order valence-corrected chi connectivity index (χ4v) is 5.94. The van der Waals surface area contributed by atoms with Crippen LogP contribution in [0.15, 0.2) is 60.4 Å². The van der Waals surface area contributed by atoms with E-state index in [4.69, 9.17) is 4.74 Å². The lowest BCUT2D eigenvalue weighted by Crippen LogP contribution is -2.51. The molecule has 6 heteroatoms. The van der Waals surface area contributed by atoms with Gasteiger partial charge in [-0.25, -0.2) is 0 Å². The molecule has 3 N–H and O–H groups in total. The predicted octanol–water partition coefficient (Wildman–Crippen LogP) is 6.42. The molecule has 0 bridgehead atoms. The van der Waals surface area contributed by atoms with Crippen molar-refractivity contribution in [2.24, 2.45) is 11.3 Å². The fraction of sp³-hybridized carbons (Fsp3) is 0.629. The smallest absolute Gasteiger partial charge is 0.254 e. The summed E-state index contributed by atoms with van der Waals surface area (Å²) in [4.78, 5) is 15.7. The average Bonchev–Trinajstić information content (AvgIpc) is 2.99. The van der Waals surface area contributed by atoms with Gasteiger partial charge < -0.3 is 25.0 Å². The zero-order valence-electron chi connectivity index (χ0n) is 25.7. The van der Waals surface area contributed by atoms with Crippen molar-refractivity contribution < 1.29 is 24.9 Å². The van der Waals surface area contributed by atoms with Crippen LogP contribution in [0.5, 0.6) is 0 Å². The molecule has 0 radical (unpaired) electrons. The number of aliphatic hydroxyl groups is 3. The molecule has 0 saturated carbocycles. The van der Waals surface area contributed by atoms with E-state index in [1.54, 1.807) is 0 Å². The Balaban J connectivity index is 1.52. The quantitative estimate of drug-likeness (QED) is 0.178. The lowest BCUT2D eigenvalue weighted by atomic mass is 9.79. The molecule has 6 nitrogen and oxygen atoms in total. The Morgan fingerprint density at radius 2 is 1.63 bits per heavy atom. The highest BCUT2D eigenvalue weighted by atomic mass is 16.5. The molecule has 1 aromatic carbocycles. The second-order valence-electron chi connectivity index (χ2n) is 12.3. The minimum Gasteiger partial charge on any atom is -0.494 e. The van der Waals surface area contributed by atoms with Gasteiger partial charge >= 0.3 is 0 Å². The molecule has 5 unspecified atom stereocenters. The van der Waals surface area contributed by atoms with Crippen LogP contribution in [0.4, 0.5) is 0 Å². The van der Waals surface area contributed by atoms with Crippen molar-refractivity contribution >= 4 is 11.5 Å². The molecule has 41 heavy (non-hydrogen) atoms. The van der Waals surface area contributed by atoms with E-state index >= 15 is 0 Å². The van der Waals surface area contributed by atoms with Gasteiger partial charge in [-0.15, -0.1) is 0 Å². The molecular weight excluding hydrogens is 514 g/mol. The molecule has 0 aromatic heterocycles. The fourth-order valence-electron chi connectivity index (χ4n) is 5.94. The van der Waals surface area contributed by atoms with E-state index < -0.39 is 12.2 Å². The molecule has 0 saturated heterocycles. The van der Waals surface area contributed by atoms with Crippen molar-refractivity contribution in [2.75, 3.05) is 13.2 Å². The molecule has 1 aliphatic carbocycles. The largest absolute Gasteiger partial charge is 0.494 e. The normalized spacial score (nSPS) is 21.1. The van der Waals surface area contributed by atoms with Gasteiger partial charge in [0.1, 0.15) is 5.76 Å². The maximum atomic E-state index is 13.7. The summed E-state index contributed by atoms with van der Waals surface area (Å²) in [7, 11) is 0. The number of rotatable bonds is 18. The Hall–Kier alpha value is -2.41. The second-order valence-corrected chi connectivity index (χ2v) is 12.3. The topological polar surface area (TPSA) is 90.2 Å². The van der Waals surface area contributed by atoms with E-state index in [0.717, 1.165) is 61.8 Å². The Labute approximate surface area is 247 Å². The standard InChI is InChI=1S/C35H53NO5/c1-5-35(4,6-2)21-12-18-33(39)32(38)17-10-11-23-41-29-20-19-28-24-30(27-15-8-7-9-16-27)34(40)36(31(28)25-29)26(3)14-13-22-37/h7-9,15-16,19-20,24-26,28,31-33,37-39H,5-6,10-14,17-18,21-23H2,1-4H3. The van der Waals surface area contributed by atoms with Crippen molar-refractivity contribution in [1.29, 1.82) is 0 Å². The third-order valence-corrected chi connectivity index (χ3v) is 9.29. The highest BCUT2D eigenvalue weighted by Gasteiger charge is 2.38. The highest BCUT2D eigenvalue weighted by Crippen LogP contribution is 2.36. The lowest BCUT2D eigenvalue weighted by molar-refractivity contribution is -0.130. The molecular formula is C35H53NO5. The van der Waals surface area contributed by atoms with Gasteiger partial charge in [0.15, 0.2) is 0 Å². The van der Waals surface area contributed by atoms with Gasteiger partial charge in [0, 0.05) is 24.1 Å². The van der Waals surface area contributed by atoms with Gasteiger partial charge in [-0.2, -0.15) is 0 Å². The van der Waals surface area contributed by atoms with Crippen LogP contribution in [0.2, 0.25) is 0 Å². The minimum absolute atomic E-state index is 0.00958. The van der Waals surface area contributed by atoms with Crippen molar-refractivity contribution in [3.05, 3.63) is 66.0 Å². The zero-order valence-corrected chi connectivity index (χ0v) is 25.7. The van der Waals surface area contributed by atoms with Crippen LogP contribution in [0.1, 0.15) is 97.5 Å². The summed E-state index contributed by atoms with van der Waals surface area (Å²) < 4.78 is 6.09. The van der Waals surface area contributed by atoms with Crippen LogP contribution in [0.25, 0.3) is 5.57 Å². The monoisotopic (exact) mass is 567 g/mol. The number of amides is 1. The third-order valence-electron chi connectivity index (χ3n) is 9.29. The van der Waals surface area contributed by atoms with Crippen molar-refractivity contribution in [2.45, 2.75) is 116 Å². The molecule has 0 spiro atoms. The Kier molecular flexibility index (Phi) is 13.1. The summed E-state index contributed by atoms with van der Waals surface area (Å²) in [6.07, 6.45) is 15.3. The zero-order chi connectivity index (χ0) is 29.8. The van der Waals surface area contributed by atoms with E-state index in [-0.39, 0.29) is 30.5 Å². The first-order chi connectivity index (χ1) is 19.7. The van der Waals surface area contributed by atoms with Crippen LogP contribution in [-0.2, 0) is 9.53 Å². The van der Waals surface area contributed by atoms with Crippen LogP contribution < -0.4 is 0 Å². The average molecular weight is 568 g/mol. The van der Waals surface area contributed by atoms with Crippen molar-refractivity contribution in [3.8, 4) is 0 Å². The number of carbonyl (C=O) groups excluding carboxylic acids is 1. The summed E-state index contributed by atoms with van der Waals surface area (Å²) in [5, 5.41) is 30.2. The van der Waals surface area contributed by atoms with Crippen LogP contribution in [0, 0.1) is 11.3 Å². The molecule has 3 rings (SSSR count). The number of allylic oxidation sites excluding steroid dienone is 1. The maximum Gasteiger partial charge on any atom is 0.254 e.